The molecule has 4 nitrogen and oxygen atoms in total. The van der Waals surface area contributed by atoms with Crippen molar-refractivity contribution in [1.82, 2.24) is 4.98 Å². The molecule has 0 aliphatic heterocycles. The van der Waals surface area contributed by atoms with Gasteiger partial charge in [-0.05, 0) is 28.1 Å². The quantitative estimate of drug-likeness (QED) is 0.896. The molecule has 0 spiro atoms. The Balaban J connectivity index is 2.18. The number of nitrogens with one attached hydrogen (secondary N) is 1. The molecule has 0 atom stereocenters. The summed E-state index contributed by atoms with van der Waals surface area (Å²) in [7, 11) is 0. The van der Waals surface area contributed by atoms with E-state index in [1.54, 1.807) is 23.6 Å². The van der Waals surface area contributed by atoms with Gasteiger partial charge >= 0.3 is 0 Å². The minimum atomic E-state index is -0.375. The summed E-state index contributed by atoms with van der Waals surface area (Å²) in [5, 5.41) is 14.3. The summed E-state index contributed by atoms with van der Waals surface area (Å²) in [6, 6.07) is 6.36. The molecule has 16 heavy (non-hydrogen) atoms. The second-order valence-corrected chi connectivity index (χ2v) is 4.62. The summed E-state index contributed by atoms with van der Waals surface area (Å²) in [6.45, 7) is 0. The third kappa shape index (κ3) is 2.40. The van der Waals surface area contributed by atoms with Crippen LogP contribution in [0.4, 0.5) is 5.13 Å². The van der Waals surface area contributed by atoms with Gasteiger partial charge in [0.15, 0.2) is 5.13 Å². The first-order valence-electron chi connectivity index (χ1n) is 4.37. The normalized spacial score (nSPS) is 10.1. The van der Waals surface area contributed by atoms with Crippen molar-refractivity contribution in [3.05, 3.63) is 39.8 Å². The number of anilines is 1. The van der Waals surface area contributed by atoms with E-state index in [4.69, 9.17) is 0 Å². The molecule has 0 aliphatic rings. The number of aromatic nitrogens is 1. The Hall–Kier alpha value is -1.40. The Kier molecular flexibility index (Phi) is 3.21. The summed E-state index contributed by atoms with van der Waals surface area (Å²) < 4.78 is 0.671. The standard InChI is InChI=1S/C10H7BrN2O2S/c11-8-5-16-10(12-8)13-9(15)6-3-1-2-4-7(6)14/h1-5,14H,(H,12,13,15). The summed E-state index contributed by atoms with van der Waals surface area (Å²) in [5.41, 5.74) is 0.230. The van der Waals surface area contributed by atoms with E-state index in [0.29, 0.717) is 9.73 Å². The molecule has 0 fully saturated rings. The van der Waals surface area contributed by atoms with Crippen LogP contribution in [0.2, 0.25) is 0 Å². The molecule has 2 aromatic rings. The number of halogens is 1. The molecule has 0 saturated carbocycles. The molecule has 2 N–H and O–H groups in total. The molecule has 0 radical (unpaired) electrons. The van der Waals surface area contributed by atoms with Crippen LogP contribution in [-0.2, 0) is 0 Å². The third-order valence-corrected chi connectivity index (χ3v) is 3.31. The second kappa shape index (κ2) is 4.63. The van der Waals surface area contributed by atoms with Crippen molar-refractivity contribution < 1.29 is 9.90 Å². The van der Waals surface area contributed by atoms with Crippen LogP contribution >= 0.6 is 27.3 Å². The van der Waals surface area contributed by atoms with Gasteiger partial charge in [0.25, 0.3) is 5.91 Å². The Morgan fingerprint density at radius 1 is 1.44 bits per heavy atom. The Morgan fingerprint density at radius 2 is 2.19 bits per heavy atom. The van der Waals surface area contributed by atoms with Gasteiger partial charge in [0, 0.05) is 5.38 Å². The lowest BCUT2D eigenvalue weighted by molar-refractivity contribution is 0.102. The van der Waals surface area contributed by atoms with Gasteiger partial charge in [-0.1, -0.05) is 12.1 Å². The summed E-state index contributed by atoms with van der Waals surface area (Å²) in [6.07, 6.45) is 0. The number of benzene rings is 1. The van der Waals surface area contributed by atoms with E-state index in [1.165, 1.54) is 17.4 Å². The van der Waals surface area contributed by atoms with Crippen LogP contribution in [-0.4, -0.2) is 16.0 Å². The highest BCUT2D eigenvalue weighted by Gasteiger charge is 2.11. The van der Waals surface area contributed by atoms with Crippen molar-refractivity contribution in [2.24, 2.45) is 0 Å². The van der Waals surface area contributed by atoms with Gasteiger partial charge in [0.2, 0.25) is 0 Å². The fourth-order valence-electron chi connectivity index (χ4n) is 1.14. The van der Waals surface area contributed by atoms with Crippen LogP contribution in [0, 0.1) is 0 Å². The van der Waals surface area contributed by atoms with Crippen LogP contribution in [0.15, 0.2) is 34.2 Å². The molecule has 82 valence electrons. The molecule has 0 saturated heterocycles. The van der Waals surface area contributed by atoms with Crippen molar-refractivity contribution in [3.63, 3.8) is 0 Å². The van der Waals surface area contributed by atoms with Crippen molar-refractivity contribution in [3.8, 4) is 5.75 Å². The fourth-order valence-corrected chi connectivity index (χ4v) is 2.28. The van der Waals surface area contributed by atoms with E-state index in [2.05, 4.69) is 26.2 Å². The highest BCUT2D eigenvalue weighted by Crippen LogP contribution is 2.22. The van der Waals surface area contributed by atoms with E-state index in [9.17, 15) is 9.90 Å². The number of carbonyl (C=O) groups is 1. The number of rotatable bonds is 2. The Morgan fingerprint density at radius 3 is 2.81 bits per heavy atom. The molecular formula is C10H7BrN2O2S. The van der Waals surface area contributed by atoms with Gasteiger partial charge < -0.3 is 5.11 Å². The zero-order valence-corrected chi connectivity index (χ0v) is 10.4. The van der Waals surface area contributed by atoms with Crippen LogP contribution < -0.4 is 5.32 Å². The average Bonchev–Trinajstić information content (AvgIpc) is 2.64. The first kappa shape index (κ1) is 11.1. The number of amides is 1. The van der Waals surface area contributed by atoms with Crippen molar-refractivity contribution in [2.45, 2.75) is 0 Å². The second-order valence-electron chi connectivity index (χ2n) is 2.95. The minimum absolute atomic E-state index is 0.0457. The zero-order chi connectivity index (χ0) is 11.5. The van der Waals surface area contributed by atoms with Crippen LogP contribution in [0.1, 0.15) is 10.4 Å². The van der Waals surface area contributed by atoms with E-state index < -0.39 is 0 Å². The van der Waals surface area contributed by atoms with Crippen LogP contribution in [0.3, 0.4) is 0 Å². The molecule has 2 rings (SSSR count). The molecule has 1 aromatic heterocycles. The Bertz CT molecular complexity index is 527. The summed E-state index contributed by atoms with van der Waals surface area (Å²) >= 11 is 4.50. The van der Waals surface area contributed by atoms with E-state index in [0.717, 1.165) is 0 Å². The van der Waals surface area contributed by atoms with E-state index >= 15 is 0 Å². The number of thiazole rings is 1. The first-order valence-corrected chi connectivity index (χ1v) is 6.04. The lowest BCUT2D eigenvalue weighted by Crippen LogP contribution is -2.11. The van der Waals surface area contributed by atoms with Crippen LogP contribution in [0.5, 0.6) is 5.75 Å². The van der Waals surface area contributed by atoms with E-state index in [-0.39, 0.29) is 17.2 Å². The number of phenols is 1. The predicted molar refractivity (Wildman–Crippen MR) is 65.9 cm³/mol. The number of para-hydroxylation sites is 1. The molecule has 0 bridgehead atoms. The number of aromatic hydroxyl groups is 1. The summed E-state index contributed by atoms with van der Waals surface area (Å²) in [4.78, 5) is 15.8. The average molecular weight is 299 g/mol. The molecular weight excluding hydrogens is 292 g/mol. The Labute approximate surface area is 104 Å². The van der Waals surface area contributed by atoms with Gasteiger partial charge in [-0.3, -0.25) is 10.1 Å². The lowest BCUT2D eigenvalue weighted by Gasteiger charge is -2.03. The predicted octanol–water partition coefficient (Wildman–Crippen LogP) is 2.86. The smallest absolute Gasteiger partial charge is 0.261 e. The highest BCUT2D eigenvalue weighted by molar-refractivity contribution is 9.10. The zero-order valence-electron chi connectivity index (χ0n) is 7.98. The van der Waals surface area contributed by atoms with E-state index in [1.807, 2.05) is 0 Å². The van der Waals surface area contributed by atoms with Gasteiger partial charge in [-0.15, -0.1) is 11.3 Å². The SMILES string of the molecule is O=C(Nc1nc(Br)cs1)c1ccccc1O. The largest absolute Gasteiger partial charge is 0.507 e. The maximum Gasteiger partial charge on any atom is 0.261 e. The van der Waals surface area contributed by atoms with Gasteiger partial charge in [-0.2, -0.15) is 0 Å². The minimum Gasteiger partial charge on any atom is -0.507 e. The maximum atomic E-state index is 11.7. The molecule has 0 unspecified atom stereocenters. The molecule has 1 amide bonds. The van der Waals surface area contributed by atoms with Crippen molar-refractivity contribution >= 4 is 38.3 Å². The molecule has 1 aromatic carbocycles. The van der Waals surface area contributed by atoms with Crippen molar-refractivity contribution in [1.29, 1.82) is 0 Å². The molecule has 1 heterocycles. The summed E-state index contributed by atoms with van der Waals surface area (Å²) in [5.74, 6) is -0.421. The number of carbonyl (C=O) groups excluding carboxylic acids is 1. The van der Waals surface area contributed by atoms with Gasteiger partial charge in [0.05, 0.1) is 5.56 Å². The third-order valence-electron chi connectivity index (χ3n) is 1.85. The van der Waals surface area contributed by atoms with Gasteiger partial charge in [0.1, 0.15) is 10.4 Å². The number of hydrogen-bond donors (Lipinski definition) is 2. The topological polar surface area (TPSA) is 62.2 Å². The monoisotopic (exact) mass is 298 g/mol. The number of hydrogen-bond acceptors (Lipinski definition) is 4. The molecule has 0 aliphatic carbocycles. The van der Waals surface area contributed by atoms with Crippen molar-refractivity contribution in [2.75, 3.05) is 5.32 Å². The van der Waals surface area contributed by atoms with Gasteiger partial charge in [-0.25, -0.2) is 4.98 Å². The maximum absolute atomic E-state index is 11.7. The first-order chi connectivity index (χ1) is 7.66. The number of nitrogens with zero attached hydrogens (tertiary/aromatic N) is 1. The lowest BCUT2D eigenvalue weighted by atomic mass is 10.2. The molecule has 6 heteroatoms. The fraction of sp³-hybridized carbons (Fsp3) is 0. The number of phenolic OH excluding ortho intramolecular Hbond substituents is 1. The van der Waals surface area contributed by atoms with Crippen LogP contribution in [0.25, 0.3) is 0 Å². The highest BCUT2D eigenvalue weighted by atomic mass is 79.9.